The SMILES string of the molecule is CSc1ccc(OCC2CC2)c(-c2cn(C)c(=O)c3occc23)c1. The molecule has 1 aliphatic carbocycles. The second-order valence-electron chi connectivity index (χ2n) is 6.24. The summed E-state index contributed by atoms with van der Waals surface area (Å²) in [6, 6.07) is 8.08. The summed E-state index contributed by atoms with van der Waals surface area (Å²) in [5, 5.41) is 0.827. The van der Waals surface area contributed by atoms with Crippen LogP contribution in [0.3, 0.4) is 0 Å². The minimum absolute atomic E-state index is 0.125. The first-order chi connectivity index (χ1) is 11.7. The highest BCUT2D eigenvalue weighted by Gasteiger charge is 2.23. The summed E-state index contributed by atoms with van der Waals surface area (Å²) in [6.45, 7) is 0.756. The molecule has 1 saturated carbocycles. The van der Waals surface area contributed by atoms with Gasteiger partial charge >= 0.3 is 0 Å². The number of hydrogen-bond donors (Lipinski definition) is 0. The van der Waals surface area contributed by atoms with Crippen molar-refractivity contribution >= 4 is 22.7 Å². The molecule has 2 aromatic heterocycles. The molecule has 0 aliphatic heterocycles. The maximum Gasteiger partial charge on any atom is 0.293 e. The van der Waals surface area contributed by atoms with Gasteiger partial charge < -0.3 is 13.7 Å². The third-order valence-electron chi connectivity index (χ3n) is 4.44. The summed E-state index contributed by atoms with van der Waals surface area (Å²) in [5.74, 6) is 1.55. The van der Waals surface area contributed by atoms with Crippen molar-refractivity contribution in [2.24, 2.45) is 13.0 Å². The molecule has 0 N–H and O–H groups in total. The fourth-order valence-corrected chi connectivity index (χ4v) is 3.29. The van der Waals surface area contributed by atoms with Gasteiger partial charge in [0.25, 0.3) is 5.56 Å². The van der Waals surface area contributed by atoms with Gasteiger partial charge in [0.15, 0.2) is 5.58 Å². The molecule has 24 heavy (non-hydrogen) atoms. The Kier molecular flexibility index (Phi) is 3.88. The number of benzene rings is 1. The summed E-state index contributed by atoms with van der Waals surface area (Å²) >= 11 is 1.69. The summed E-state index contributed by atoms with van der Waals surface area (Å²) in [4.78, 5) is 13.4. The zero-order chi connectivity index (χ0) is 16.7. The van der Waals surface area contributed by atoms with E-state index in [0.29, 0.717) is 11.5 Å². The van der Waals surface area contributed by atoms with E-state index in [4.69, 9.17) is 9.15 Å². The minimum atomic E-state index is -0.125. The lowest BCUT2D eigenvalue weighted by Gasteiger charge is -2.14. The maximum atomic E-state index is 12.2. The second kappa shape index (κ2) is 6.06. The summed E-state index contributed by atoms with van der Waals surface area (Å²) in [5.41, 5.74) is 2.23. The smallest absolute Gasteiger partial charge is 0.293 e. The molecule has 1 fully saturated rings. The number of hydrogen-bond acceptors (Lipinski definition) is 4. The Hall–Kier alpha value is -2.14. The number of rotatable bonds is 5. The molecule has 0 spiro atoms. The van der Waals surface area contributed by atoms with Crippen LogP contribution in [-0.4, -0.2) is 17.4 Å². The van der Waals surface area contributed by atoms with E-state index in [1.165, 1.54) is 12.8 Å². The van der Waals surface area contributed by atoms with Crippen molar-refractivity contribution in [1.29, 1.82) is 0 Å². The number of aromatic nitrogens is 1. The number of furan rings is 1. The lowest BCUT2D eigenvalue weighted by molar-refractivity contribution is 0.301. The number of nitrogens with zero attached hydrogens (tertiary/aromatic N) is 1. The van der Waals surface area contributed by atoms with Gasteiger partial charge in [-0.1, -0.05) is 0 Å². The Labute approximate surface area is 144 Å². The van der Waals surface area contributed by atoms with E-state index in [-0.39, 0.29) is 5.56 Å². The van der Waals surface area contributed by atoms with Crippen LogP contribution < -0.4 is 10.3 Å². The summed E-state index contributed by atoms with van der Waals surface area (Å²) < 4.78 is 13.1. The summed E-state index contributed by atoms with van der Waals surface area (Å²) in [7, 11) is 1.75. The topological polar surface area (TPSA) is 44.4 Å². The van der Waals surface area contributed by atoms with Crippen molar-refractivity contribution in [2.45, 2.75) is 17.7 Å². The second-order valence-corrected chi connectivity index (χ2v) is 7.12. The molecule has 124 valence electrons. The number of pyridine rings is 1. The van der Waals surface area contributed by atoms with Gasteiger partial charge in [0.1, 0.15) is 5.75 Å². The number of aryl methyl sites for hydroxylation is 1. The molecule has 0 amide bonds. The first-order valence-electron chi connectivity index (χ1n) is 8.05. The molecule has 0 bridgehead atoms. The zero-order valence-electron chi connectivity index (χ0n) is 13.7. The Morgan fingerprint density at radius 2 is 2.12 bits per heavy atom. The van der Waals surface area contributed by atoms with Crippen LogP contribution in [-0.2, 0) is 7.05 Å². The molecule has 2 heterocycles. The van der Waals surface area contributed by atoms with Crippen LogP contribution >= 0.6 is 11.8 Å². The van der Waals surface area contributed by atoms with Crippen LogP contribution in [0.15, 0.2) is 50.8 Å². The first-order valence-corrected chi connectivity index (χ1v) is 9.28. The van der Waals surface area contributed by atoms with Crippen molar-refractivity contribution in [1.82, 2.24) is 4.57 Å². The fourth-order valence-electron chi connectivity index (χ4n) is 2.85. The average molecular weight is 341 g/mol. The van der Waals surface area contributed by atoms with Crippen molar-refractivity contribution in [3.05, 3.63) is 47.1 Å². The zero-order valence-corrected chi connectivity index (χ0v) is 14.6. The summed E-state index contributed by atoms with van der Waals surface area (Å²) in [6.07, 6.45) is 7.99. The van der Waals surface area contributed by atoms with Gasteiger partial charge in [-0.3, -0.25) is 4.79 Å². The van der Waals surface area contributed by atoms with Gasteiger partial charge in [-0.25, -0.2) is 0 Å². The highest BCUT2D eigenvalue weighted by molar-refractivity contribution is 7.98. The predicted octanol–water partition coefficient (Wildman–Crippen LogP) is 4.31. The third kappa shape index (κ3) is 2.73. The molecular formula is C19H19NO3S. The van der Waals surface area contributed by atoms with Crippen LogP contribution in [0.2, 0.25) is 0 Å². The van der Waals surface area contributed by atoms with Crippen LogP contribution in [0, 0.1) is 5.92 Å². The van der Waals surface area contributed by atoms with Gasteiger partial charge in [0.2, 0.25) is 0 Å². The average Bonchev–Trinajstić information content (AvgIpc) is 3.30. The van der Waals surface area contributed by atoms with Crippen molar-refractivity contribution in [3.8, 4) is 16.9 Å². The normalized spacial score (nSPS) is 14.2. The quantitative estimate of drug-likeness (QED) is 0.649. The van der Waals surface area contributed by atoms with Gasteiger partial charge in [-0.15, -0.1) is 11.8 Å². The van der Waals surface area contributed by atoms with E-state index in [2.05, 4.69) is 18.4 Å². The van der Waals surface area contributed by atoms with E-state index in [9.17, 15) is 4.79 Å². The molecule has 0 saturated heterocycles. The molecule has 0 atom stereocenters. The van der Waals surface area contributed by atoms with Gasteiger partial charge in [-0.2, -0.15) is 0 Å². The van der Waals surface area contributed by atoms with E-state index in [0.717, 1.165) is 33.8 Å². The monoisotopic (exact) mass is 341 g/mol. The Morgan fingerprint density at radius 3 is 2.88 bits per heavy atom. The van der Waals surface area contributed by atoms with E-state index in [1.54, 1.807) is 29.6 Å². The van der Waals surface area contributed by atoms with Gasteiger partial charge in [0, 0.05) is 34.7 Å². The molecule has 3 aromatic rings. The molecule has 4 rings (SSSR count). The fraction of sp³-hybridized carbons (Fsp3) is 0.316. The minimum Gasteiger partial charge on any atom is -0.493 e. The van der Waals surface area contributed by atoms with Crippen LogP contribution in [0.5, 0.6) is 5.75 Å². The molecular weight excluding hydrogens is 322 g/mol. The van der Waals surface area contributed by atoms with Crippen molar-refractivity contribution < 1.29 is 9.15 Å². The standard InChI is InChI=1S/C19H19NO3S/c1-20-10-16(14-7-8-22-18(14)19(20)21)15-9-13(24-2)5-6-17(15)23-11-12-3-4-12/h5-10,12H,3-4,11H2,1-2H3. The van der Waals surface area contributed by atoms with E-state index in [1.807, 2.05) is 18.3 Å². The Balaban J connectivity index is 1.89. The van der Waals surface area contributed by atoms with Crippen LogP contribution in [0.4, 0.5) is 0 Å². The predicted molar refractivity (Wildman–Crippen MR) is 96.9 cm³/mol. The molecule has 5 heteroatoms. The van der Waals surface area contributed by atoms with E-state index >= 15 is 0 Å². The molecule has 0 radical (unpaired) electrons. The molecule has 0 unspecified atom stereocenters. The van der Waals surface area contributed by atoms with Crippen molar-refractivity contribution in [3.63, 3.8) is 0 Å². The number of ether oxygens (including phenoxy) is 1. The van der Waals surface area contributed by atoms with Crippen LogP contribution in [0.1, 0.15) is 12.8 Å². The lowest BCUT2D eigenvalue weighted by atomic mass is 10.0. The molecule has 1 aliphatic rings. The highest BCUT2D eigenvalue weighted by Crippen LogP contribution is 2.38. The molecule has 1 aromatic carbocycles. The van der Waals surface area contributed by atoms with Crippen LogP contribution in [0.25, 0.3) is 22.1 Å². The third-order valence-corrected chi connectivity index (χ3v) is 5.17. The maximum absolute atomic E-state index is 12.2. The highest BCUT2D eigenvalue weighted by atomic mass is 32.2. The Morgan fingerprint density at radius 1 is 1.29 bits per heavy atom. The van der Waals surface area contributed by atoms with Gasteiger partial charge in [0.05, 0.1) is 12.9 Å². The Bertz CT molecular complexity index is 953. The largest absolute Gasteiger partial charge is 0.493 e. The lowest BCUT2D eigenvalue weighted by Crippen LogP contribution is -2.15. The van der Waals surface area contributed by atoms with Gasteiger partial charge in [-0.05, 0) is 49.3 Å². The van der Waals surface area contributed by atoms with E-state index < -0.39 is 0 Å². The number of fused-ring (bicyclic) bond motifs is 1. The molecule has 4 nitrogen and oxygen atoms in total. The number of thioether (sulfide) groups is 1. The first kappa shape index (κ1) is 15.4. The van der Waals surface area contributed by atoms with Crippen molar-refractivity contribution in [2.75, 3.05) is 12.9 Å².